The minimum absolute atomic E-state index is 0. The number of hydrogen-bond acceptors (Lipinski definition) is 3. The fraction of sp³-hybridized carbons (Fsp3) is 0.846. The van der Waals surface area contributed by atoms with Crippen LogP contribution in [0.5, 0.6) is 0 Å². The van der Waals surface area contributed by atoms with Crippen molar-refractivity contribution in [3.05, 3.63) is 0 Å². The van der Waals surface area contributed by atoms with Gasteiger partial charge in [-0.2, -0.15) is 0 Å². The van der Waals surface area contributed by atoms with Crippen LogP contribution in [-0.2, 0) is 9.59 Å². The Morgan fingerprint density at radius 2 is 2.05 bits per heavy atom. The van der Waals surface area contributed by atoms with Crippen molar-refractivity contribution in [3.8, 4) is 0 Å². The predicted molar refractivity (Wildman–Crippen MR) is 76.3 cm³/mol. The predicted octanol–water partition coefficient (Wildman–Crippen LogP) is 0.535. The molecule has 2 amide bonds. The lowest BCUT2D eigenvalue weighted by atomic mass is 9.96. The van der Waals surface area contributed by atoms with E-state index in [0.717, 1.165) is 45.3 Å². The second-order valence-electron chi connectivity index (χ2n) is 5.36. The Morgan fingerprint density at radius 3 is 2.68 bits per heavy atom. The molecule has 2 fully saturated rings. The Balaban J connectivity index is 0.00000180. The van der Waals surface area contributed by atoms with Gasteiger partial charge in [0.1, 0.15) is 0 Å². The maximum Gasteiger partial charge on any atom is 0.225 e. The molecule has 5 nitrogen and oxygen atoms in total. The van der Waals surface area contributed by atoms with Gasteiger partial charge in [0, 0.05) is 32.6 Å². The number of carbonyl (C=O) groups is 2. The Hall–Kier alpha value is -0.810. The zero-order chi connectivity index (χ0) is 13.0. The average molecular weight is 290 g/mol. The lowest BCUT2D eigenvalue weighted by molar-refractivity contribution is -0.134. The molecule has 0 aromatic heterocycles. The summed E-state index contributed by atoms with van der Waals surface area (Å²) in [4.78, 5) is 25.3. The molecule has 0 saturated carbocycles. The van der Waals surface area contributed by atoms with Gasteiger partial charge in [-0.15, -0.1) is 12.4 Å². The lowest BCUT2D eigenvalue weighted by Crippen LogP contribution is -2.50. The third-order valence-corrected chi connectivity index (χ3v) is 3.88. The third kappa shape index (κ3) is 4.66. The van der Waals surface area contributed by atoms with E-state index < -0.39 is 0 Å². The Morgan fingerprint density at radius 1 is 1.26 bits per heavy atom. The number of likely N-dealkylation sites (tertiary alicyclic amines) is 1. The van der Waals surface area contributed by atoms with Crippen LogP contribution in [0.1, 0.15) is 32.6 Å². The van der Waals surface area contributed by atoms with Gasteiger partial charge < -0.3 is 15.5 Å². The van der Waals surface area contributed by atoms with Crippen molar-refractivity contribution in [1.29, 1.82) is 0 Å². The second-order valence-corrected chi connectivity index (χ2v) is 5.36. The Labute approximate surface area is 120 Å². The van der Waals surface area contributed by atoms with Crippen LogP contribution in [0.4, 0.5) is 0 Å². The molecule has 0 radical (unpaired) electrons. The van der Waals surface area contributed by atoms with Gasteiger partial charge in [0.25, 0.3) is 0 Å². The molecule has 2 aliphatic rings. The first-order valence-electron chi connectivity index (χ1n) is 6.93. The zero-order valence-electron chi connectivity index (χ0n) is 11.5. The van der Waals surface area contributed by atoms with Crippen LogP contribution in [0.25, 0.3) is 0 Å². The molecule has 2 heterocycles. The first-order chi connectivity index (χ1) is 8.66. The third-order valence-electron chi connectivity index (χ3n) is 3.88. The van der Waals surface area contributed by atoms with Crippen molar-refractivity contribution in [2.75, 3.05) is 26.2 Å². The van der Waals surface area contributed by atoms with E-state index in [0.29, 0.717) is 6.54 Å². The van der Waals surface area contributed by atoms with Crippen molar-refractivity contribution in [3.63, 3.8) is 0 Å². The number of amides is 2. The molecule has 6 heteroatoms. The van der Waals surface area contributed by atoms with Crippen molar-refractivity contribution < 1.29 is 9.59 Å². The summed E-state index contributed by atoms with van der Waals surface area (Å²) >= 11 is 0. The summed E-state index contributed by atoms with van der Waals surface area (Å²) in [6, 6.07) is 0.263. The molecule has 2 rings (SSSR count). The largest absolute Gasteiger partial charge is 0.352 e. The van der Waals surface area contributed by atoms with Crippen LogP contribution < -0.4 is 10.6 Å². The molecule has 110 valence electrons. The molecule has 2 aliphatic heterocycles. The van der Waals surface area contributed by atoms with Crippen LogP contribution >= 0.6 is 12.4 Å². The van der Waals surface area contributed by atoms with Gasteiger partial charge in [-0.3, -0.25) is 9.59 Å². The standard InChI is InChI=1S/C13H23N3O2.ClH/c1-10(17)16-7-3-4-11(9-16)13(18)15-12-5-2-6-14-8-12;/h11-12,14H,2-9H2,1H3,(H,15,18);1H. The fourth-order valence-corrected chi connectivity index (χ4v) is 2.77. The molecule has 0 bridgehead atoms. The van der Waals surface area contributed by atoms with Crippen molar-refractivity contribution in [2.45, 2.75) is 38.6 Å². The molecule has 2 N–H and O–H groups in total. The van der Waals surface area contributed by atoms with Gasteiger partial charge in [-0.1, -0.05) is 0 Å². The van der Waals surface area contributed by atoms with Crippen molar-refractivity contribution >= 4 is 24.2 Å². The minimum atomic E-state index is -0.0235. The SMILES string of the molecule is CC(=O)N1CCCC(C(=O)NC2CCCNC2)C1.Cl. The lowest BCUT2D eigenvalue weighted by Gasteiger charge is -2.33. The number of halogens is 1. The van der Waals surface area contributed by atoms with Crippen molar-refractivity contribution in [1.82, 2.24) is 15.5 Å². The summed E-state index contributed by atoms with van der Waals surface area (Å²) in [6.07, 6.45) is 4.01. The van der Waals surface area contributed by atoms with E-state index in [-0.39, 0.29) is 36.2 Å². The first-order valence-corrected chi connectivity index (χ1v) is 6.93. The quantitative estimate of drug-likeness (QED) is 0.780. The molecule has 2 saturated heterocycles. The summed E-state index contributed by atoms with van der Waals surface area (Å²) in [5.41, 5.74) is 0. The van der Waals surface area contributed by atoms with Gasteiger partial charge in [0.05, 0.1) is 5.92 Å². The molecule has 2 atom stereocenters. The van der Waals surface area contributed by atoms with E-state index in [1.165, 1.54) is 0 Å². The van der Waals surface area contributed by atoms with Crippen LogP contribution in [0.3, 0.4) is 0 Å². The Bertz CT molecular complexity index is 319. The molecule has 19 heavy (non-hydrogen) atoms. The van der Waals surface area contributed by atoms with Gasteiger partial charge in [0.2, 0.25) is 11.8 Å². The minimum Gasteiger partial charge on any atom is -0.352 e. The molecule has 0 aromatic carbocycles. The average Bonchev–Trinajstić information content (AvgIpc) is 2.40. The van der Waals surface area contributed by atoms with E-state index >= 15 is 0 Å². The molecule has 2 unspecified atom stereocenters. The van der Waals surface area contributed by atoms with E-state index in [9.17, 15) is 9.59 Å². The second kappa shape index (κ2) is 7.70. The summed E-state index contributed by atoms with van der Waals surface area (Å²) in [5.74, 6) is 0.172. The van der Waals surface area contributed by atoms with Gasteiger partial charge in [-0.05, 0) is 32.2 Å². The van der Waals surface area contributed by atoms with E-state index in [1.807, 2.05) is 0 Å². The number of carbonyl (C=O) groups excluding carboxylic acids is 2. The van der Waals surface area contributed by atoms with Crippen LogP contribution in [0.15, 0.2) is 0 Å². The van der Waals surface area contributed by atoms with Gasteiger partial charge >= 0.3 is 0 Å². The van der Waals surface area contributed by atoms with Gasteiger partial charge in [-0.25, -0.2) is 0 Å². The molecule has 0 aromatic rings. The van der Waals surface area contributed by atoms with Gasteiger partial charge in [0.15, 0.2) is 0 Å². The first kappa shape index (κ1) is 16.2. The topological polar surface area (TPSA) is 61.4 Å². The Kier molecular flexibility index (Phi) is 6.58. The normalized spacial score (nSPS) is 27.3. The van der Waals surface area contributed by atoms with E-state index in [4.69, 9.17) is 0 Å². The zero-order valence-corrected chi connectivity index (χ0v) is 12.3. The summed E-state index contributed by atoms with van der Waals surface area (Å²) < 4.78 is 0. The number of nitrogens with zero attached hydrogens (tertiary/aromatic N) is 1. The maximum atomic E-state index is 12.2. The molecular formula is C13H24ClN3O2. The van der Waals surface area contributed by atoms with Crippen LogP contribution in [-0.4, -0.2) is 48.9 Å². The highest BCUT2D eigenvalue weighted by Gasteiger charge is 2.28. The van der Waals surface area contributed by atoms with Crippen molar-refractivity contribution in [2.24, 2.45) is 5.92 Å². The number of piperidine rings is 2. The van der Waals surface area contributed by atoms with Crippen LogP contribution in [0.2, 0.25) is 0 Å². The van der Waals surface area contributed by atoms with E-state index in [2.05, 4.69) is 10.6 Å². The maximum absolute atomic E-state index is 12.2. The fourth-order valence-electron chi connectivity index (χ4n) is 2.77. The monoisotopic (exact) mass is 289 g/mol. The summed E-state index contributed by atoms with van der Waals surface area (Å²) in [7, 11) is 0. The highest BCUT2D eigenvalue weighted by Crippen LogP contribution is 2.17. The molecule has 0 aliphatic carbocycles. The number of rotatable bonds is 2. The highest BCUT2D eigenvalue weighted by atomic mass is 35.5. The van der Waals surface area contributed by atoms with E-state index in [1.54, 1.807) is 11.8 Å². The molecular weight excluding hydrogens is 266 g/mol. The smallest absolute Gasteiger partial charge is 0.225 e. The highest BCUT2D eigenvalue weighted by molar-refractivity contribution is 5.85. The number of nitrogens with one attached hydrogen (secondary N) is 2. The van der Waals surface area contributed by atoms with Crippen LogP contribution in [0, 0.1) is 5.92 Å². The summed E-state index contributed by atoms with van der Waals surface area (Å²) in [6.45, 7) is 4.87. The summed E-state index contributed by atoms with van der Waals surface area (Å²) in [5, 5.41) is 6.40. The molecule has 0 spiro atoms. The number of hydrogen-bond donors (Lipinski definition) is 2.